The van der Waals surface area contributed by atoms with Crippen LogP contribution in [0.2, 0.25) is 0 Å². The van der Waals surface area contributed by atoms with Crippen molar-refractivity contribution in [1.82, 2.24) is 0 Å². The number of ether oxygens (including phenoxy) is 4. The van der Waals surface area contributed by atoms with Crippen molar-refractivity contribution in [3.05, 3.63) is 0 Å². The molecule has 1 fully saturated rings. The van der Waals surface area contributed by atoms with E-state index in [1.807, 2.05) is 6.11 Å². The first-order valence-electron chi connectivity index (χ1n) is 6.56. The molecule has 0 aliphatic carbocycles. The summed E-state index contributed by atoms with van der Waals surface area (Å²) in [5.74, 6) is -0.972. The molecule has 4 unspecified atom stereocenters. The molecule has 0 bridgehead atoms. The van der Waals surface area contributed by atoms with E-state index >= 15 is 0 Å². The van der Waals surface area contributed by atoms with Crippen LogP contribution in [0, 0.1) is 12.5 Å². The summed E-state index contributed by atoms with van der Waals surface area (Å²) in [5, 5.41) is 29.2. The maximum Gasteiger partial charge on any atom is 0.267 e. The van der Waals surface area contributed by atoms with E-state index in [1.165, 1.54) is 7.11 Å². The fourth-order valence-corrected chi connectivity index (χ4v) is 2.69. The summed E-state index contributed by atoms with van der Waals surface area (Å²) in [6.07, 6.45) is -1.78. The predicted molar refractivity (Wildman–Crippen MR) is 74.6 cm³/mol. The Bertz CT molecular complexity index is 500. The second-order valence-corrected chi connectivity index (χ2v) is 6.41. The monoisotopic (exact) mass is 356 g/mol. The summed E-state index contributed by atoms with van der Waals surface area (Å²) >= 11 is 0. The molecular weight excluding hydrogens is 336 g/mol. The van der Waals surface area contributed by atoms with Gasteiger partial charge in [-0.05, 0) is 0 Å². The van der Waals surface area contributed by atoms with Crippen molar-refractivity contribution in [1.29, 1.82) is 0 Å². The van der Waals surface area contributed by atoms with Gasteiger partial charge in [-0.25, -0.2) is 0 Å². The Morgan fingerprint density at radius 3 is 2.39 bits per heavy atom. The van der Waals surface area contributed by atoms with Gasteiger partial charge in [0.25, 0.3) is 10.1 Å². The third kappa shape index (κ3) is 6.21. The minimum atomic E-state index is -4.47. The summed E-state index contributed by atoms with van der Waals surface area (Å²) < 4.78 is 50.6. The molecule has 10 nitrogen and oxygen atoms in total. The lowest BCUT2D eigenvalue weighted by molar-refractivity contribution is -0.296. The van der Waals surface area contributed by atoms with Crippen LogP contribution in [0.1, 0.15) is 0 Å². The lowest BCUT2D eigenvalue weighted by Crippen LogP contribution is -2.60. The van der Waals surface area contributed by atoms with Crippen LogP contribution in [0.15, 0.2) is 0 Å². The maximum absolute atomic E-state index is 10.9. The van der Waals surface area contributed by atoms with Gasteiger partial charge in [0, 0.05) is 7.11 Å². The van der Waals surface area contributed by atoms with Crippen molar-refractivity contribution in [2.75, 3.05) is 26.1 Å². The number of hydrogen-bond acceptors (Lipinski definition) is 9. The fraction of sp³-hybridized carbons (Fsp3) is 0.833. The van der Waals surface area contributed by atoms with Gasteiger partial charge in [0.2, 0.25) is 0 Å². The zero-order valence-electron chi connectivity index (χ0n) is 12.3. The zero-order chi connectivity index (χ0) is 17.6. The first kappa shape index (κ1) is 20.1. The summed E-state index contributed by atoms with van der Waals surface area (Å²) in [7, 11) is -3.07. The Labute approximate surface area is 133 Å². The molecular formula is C12H20O10S. The summed E-state index contributed by atoms with van der Waals surface area (Å²) in [5.41, 5.74) is 0. The summed E-state index contributed by atoms with van der Waals surface area (Å²) in [4.78, 5) is 0. The van der Waals surface area contributed by atoms with Gasteiger partial charge in [0.15, 0.2) is 12.4 Å². The second-order valence-electron chi connectivity index (χ2n) is 4.91. The molecule has 1 aliphatic heterocycles. The summed E-state index contributed by atoms with van der Waals surface area (Å²) in [6.45, 7) is -0.117. The van der Waals surface area contributed by atoms with Gasteiger partial charge >= 0.3 is 0 Å². The number of aliphatic hydroxyl groups is 3. The number of aliphatic hydroxyl groups excluding tert-OH is 3. The molecule has 0 spiro atoms. The van der Waals surface area contributed by atoms with Crippen molar-refractivity contribution in [3.8, 4) is 12.5 Å². The molecule has 0 amide bonds. The average Bonchev–Trinajstić information content (AvgIpc) is 2.45. The van der Waals surface area contributed by atoms with Crippen molar-refractivity contribution in [2.45, 2.75) is 36.8 Å². The minimum Gasteiger partial charge on any atom is -0.439 e. The van der Waals surface area contributed by atoms with Crippen LogP contribution in [0.25, 0.3) is 0 Å². The van der Waals surface area contributed by atoms with E-state index in [-0.39, 0.29) is 13.2 Å². The highest BCUT2D eigenvalue weighted by Gasteiger charge is 2.45. The molecule has 0 saturated carbocycles. The molecule has 4 N–H and O–H groups in total. The lowest BCUT2D eigenvalue weighted by atomic mass is 10.00. The Morgan fingerprint density at radius 1 is 1.22 bits per heavy atom. The van der Waals surface area contributed by atoms with Crippen molar-refractivity contribution < 1.29 is 47.2 Å². The highest BCUT2D eigenvalue weighted by molar-refractivity contribution is 7.85. The number of terminal acetylenes is 1. The molecule has 134 valence electrons. The molecule has 0 aromatic rings. The van der Waals surface area contributed by atoms with Crippen LogP contribution < -0.4 is 0 Å². The molecule has 6 atom stereocenters. The zero-order valence-corrected chi connectivity index (χ0v) is 13.1. The first-order chi connectivity index (χ1) is 10.7. The maximum atomic E-state index is 10.9. The van der Waals surface area contributed by atoms with Crippen LogP contribution in [0.5, 0.6) is 0 Å². The largest absolute Gasteiger partial charge is 0.439 e. The SMILES string of the molecule is C#COC(COC)CO[C@@H]1OC(CS(=O)(=O)O)[C@H](O)C(O)C1O. The predicted octanol–water partition coefficient (Wildman–Crippen LogP) is -2.68. The Balaban J connectivity index is 2.71. The molecule has 1 rings (SSSR count). The van der Waals surface area contributed by atoms with Gasteiger partial charge < -0.3 is 34.3 Å². The molecule has 1 saturated heterocycles. The third-order valence-electron chi connectivity index (χ3n) is 3.08. The average molecular weight is 356 g/mol. The lowest BCUT2D eigenvalue weighted by Gasteiger charge is -2.40. The molecule has 0 radical (unpaired) electrons. The van der Waals surface area contributed by atoms with Crippen LogP contribution in [-0.2, 0) is 29.1 Å². The van der Waals surface area contributed by atoms with E-state index in [0.717, 1.165) is 0 Å². The number of methoxy groups -OCH3 is 1. The Hall–Kier alpha value is -0.970. The van der Waals surface area contributed by atoms with E-state index in [0.29, 0.717) is 0 Å². The molecule has 23 heavy (non-hydrogen) atoms. The van der Waals surface area contributed by atoms with Gasteiger partial charge in [0.1, 0.15) is 36.3 Å². The van der Waals surface area contributed by atoms with Crippen LogP contribution >= 0.6 is 0 Å². The second kappa shape index (κ2) is 8.76. The van der Waals surface area contributed by atoms with Crippen LogP contribution in [0.4, 0.5) is 0 Å². The minimum absolute atomic E-state index is 0.0760. The van der Waals surface area contributed by atoms with E-state index in [4.69, 9.17) is 29.9 Å². The highest BCUT2D eigenvalue weighted by atomic mass is 32.2. The van der Waals surface area contributed by atoms with Crippen molar-refractivity contribution in [2.24, 2.45) is 0 Å². The molecule has 1 heterocycles. The van der Waals surface area contributed by atoms with Gasteiger partial charge in [-0.2, -0.15) is 8.42 Å². The van der Waals surface area contributed by atoms with Gasteiger partial charge in [0.05, 0.1) is 13.2 Å². The number of rotatable bonds is 8. The fourth-order valence-electron chi connectivity index (χ4n) is 2.00. The molecule has 0 aromatic carbocycles. The van der Waals surface area contributed by atoms with E-state index in [1.54, 1.807) is 0 Å². The Morgan fingerprint density at radius 2 is 1.87 bits per heavy atom. The Kier molecular flexibility index (Phi) is 7.65. The number of hydrogen-bond donors (Lipinski definition) is 4. The third-order valence-corrected chi connectivity index (χ3v) is 3.83. The van der Waals surface area contributed by atoms with Gasteiger partial charge in [-0.15, -0.1) is 0 Å². The van der Waals surface area contributed by atoms with Crippen molar-refractivity contribution in [3.63, 3.8) is 0 Å². The molecule has 11 heteroatoms. The van der Waals surface area contributed by atoms with E-state index in [9.17, 15) is 23.7 Å². The van der Waals surface area contributed by atoms with E-state index < -0.39 is 52.7 Å². The summed E-state index contributed by atoms with van der Waals surface area (Å²) in [6, 6.07) is 0. The smallest absolute Gasteiger partial charge is 0.267 e. The molecule has 0 aromatic heterocycles. The standard InChI is InChI=1S/C12H20O10S/c1-3-20-7(4-19-2)5-21-12-11(15)10(14)9(13)8(22-12)6-23(16,17)18/h1,7-15H,4-6H2,2H3,(H,16,17,18)/t7?,8?,9-,10?,11?,12+/m0/s1. The first-order valence-corrected chi connectivity index (χ1v) is 8.17. The normalized spacial score (nSPS) is 33.0. The quantitative estimate of drug-likeness (QED) is 0.267. The van der Waals surface area contributed by atoms with Crippen LogP contribution in [-0.4, -0.2) is 91.2 Å². The van der Waals surface area contributed by atoms with Crippen LogP contribution in [0.3, 0.4) is 0 Å². The van der Waals surface area contributed by atoms with E-state index in [2.05, 4.69) is 0 Å². The highest BCUT2D eigenvalue weighted by Crippen LogP contribution is 2.23. The van der Waals surface area contributed by atoms with Gasteiger partial charge in [-0.1, -0.05) is 6.42 Å². The van der Waals surface area contributed by atoms with Gasteiger partial charge in [-0.3, -0.25) is 4.55 Å². The van der Waals surface area contributed by atoms with Crippen molar-refractivity contribution >= 4 is 10.1 Å². The molecule has 1 aliphatic rings. The topological polar surface area (TPSA) is 152 Å².